The van der Waals surface area contributed by atoms with E-state index in [-0.39, 0.29) is 18.2 Å². The molecule has 10 heteroatoms. The van der Waals surface area contributed by atoms with Crippen LogP contribution in [0.15, 0.2) is 28.8 Å². The standard InChI is InChI=1S/C23H27N5O4S/c1-14-4-5-17(12-15(14)2)18-13-24-20(32-18)7-6-19(29)26-27-22(30)21-16(3)25-23(33-21)28-8-10-31-11-9-28/h4-5,12-13H,6-11H2,1-3H3,(H,26,29)(H,27,30). The van der Waals surface area contributed by atoms with Gasteiger partial charge in [-0.05, 0) is 38.0 Å². The zero-order valence-electron chi connectivity index (χ0n) is 18.9. The van der Waals surface area contributed by atoms with Crippen LogP contribution in [-0.4, -0.2) is 48.1 Å². The maximum absolute atomic E-state index is 12.5. The van der Waals surface area contributed by atoms with Crippen LogP contribution in [0.3, 0.4) is 0 Å². The molecule has 9 nitrogen and oxygen atoms in total. The van der Waals surface area contributed by atoms with Gasteiger partial charge in [0, 0.05) is 31.5 Å². The van der Waals surface area contributed by atoms with Gasteiger partial charge in [0.25, 0.3) is 5.91 Å². The van der Waals surface area contributed by atoms with Crippen molar-refractivity contribution in [2.24, 2.45) is 0 Å². The number of thiazole rings is 1. The van der Waals surface area contributed by atoms with Gasteiger partial charge >= 0.3 is 0 Å². The van der Waals surface area contributed by atoms with Gasteiger partial charge in [-0.2, -0.15) is 0 Å². The fourth-order valence-corrected chi connectivity index (χ4v) is 4.42. The van der Waals surface area contributed by atoms with Crippen molar-refractivity contribution >= 4 is 28.3 Å². The summed E-state index contributed by atoms with van der Waals surface area (Å²) in [6, 6.07) is 6.08. The highest BCUT2D eigenvalue weighted by molar-refractivity contribution is 7.17. The first kappa shape index (κ1) is 22.9. The van der Waals surface area contributed by atoms with Gasteiger partial charge in [0.1, 0.15) is 4.88 Å². The van der Waals surface area contributed by atoms with Crippen molar-refractivity contribution in [1.29, 1.82) is 0 Å². The summed E-state index contributed by atoms with van der Waals surface area (Å²) >= 11 is 1.31. The third kappa shape index (κ3) is 5.58. The highest BCUT2D eigenvalue weighted by Gasteiger charge is 2.21. The molecule has 3 aromatic rings. The summed E-state index contributed by atoms with van der Waals surface area (Å²) in [5, 5.41) is 0.788. The molecule has 3 heterocycles. The zero-order chi connectivity index (χ0) is 23.4. The Labute approximate surface area is 196 Å². The summed E-state index contributed by atoms with van der Waals surface area (Å²) < 4.78 is 11.1. The second kappa shape index (κ2) is 10.1. The molecule has 33 heavy (non-hydrogen) atoms. The molecule has 0 aliphatic carbocycles. The number of hydrogen-bond acceptors (Lipinski definition) is 8. The molecule has 1 aliphatic rings. The average molecular weight is 470 g/mol. The number of aryl methyl sites for hydroxylation is 4. The van der Waals surface area contributed by atoms with E-state index >= 15 is 0 Å². The lowest BCUT2D eigenvalue weighted by molar-refractivity contribution is -0.121. The van der Waals surface area contributed by atoms with Gasteiger partial charge in [-0.15, -0.1) is 0 Å². The van der Waals surface area contributed by atoms with Crippen LogP contribution in [0.25, 0.3) is 11.3 Å². The number of rotatable bonds is 6. The van der Waals surface area contributed by atoms with E-state index in [1.165, 1.54) is 22.5 Å². The highest BCUT2D eigenvalue weighted by Crippen LogP contribution is 2.26. The van der Waals surface area contributed by atoms with Crippen molar-refractivity contribution in [2.45, 2.75) is 33.6 Å². The van der Waals surface area contributed by atoms with Crippen molar-refractivity contribution in [3.63, 3.8) is 0 Å². The Morgan fingerprint density at radius 2 is 1.91 bits per heavy atom. The lowest BCUT2D eigenvalue weighted by Gasteiger charge is -2.25. The second-order valence-electron chi connectivity index (χ2n) is 7.93. The number of oxazole rings is 1. The summed E-state index contributed by atoms with van der Waals surface area (Å²) in [6.45, 7) is 8.67. The molecular formula is C23H27N5O4S. The van der Waals surface area contributed by atoms with Crippen molar-refractivity contribution in [2.75, 3.05) is 31.2 Å². The van der Waals surface area contributed by atoms with Gasteiger partial charge in [0.15, 0.2) is 16.8 Å². The minimum absolute atomic E-state index is 0.133. The van der Waals surface area contributed by atoms with Gasteiger partial charge in [0.2, 0.25) is 5.91 Å². The number of hydrazine groups is 1. The van der Waals surface area contributed by atoms with Crippen molar-refractivity contribution < 1.29 is 18.7 Å². The molecule has 4 rings (SSSR count). The van der Waals surface area contributed by atoms with E-state index in [0.29, 0.717) is 41.9 Å². The summed E-state index contributed by atoms with van der Waals surface area (Å²) in [6.07, 6.45) is 2.12. The van der Waals surface area contributed by atoms with Crippen LogP contribution in [0.4, 0.5) is 5.13 Å². The summed E-state index contributed by atoms with van der Waals surface area (Å²) in [5.74, 6) is 0.424. The number of amides is 2. The molecule has 1 fully saturated rings. The minimum atomic E-state index is -0.383. The fraction of sp³-hybridized carbons (Fsp3) is 0.391. The van der Waals surface area contributed by atoms with Crippen molar-refractivity contribution in [3.05, 3.63) is 52.0 Å². The number of ether oxygens (including phenoxy) is 1. The largest absolute Gasteiger partial charge is 0.441 e. The Balaban J connectivity index is 1.27. The van der Waals surface area contributed by atoms with E-state index in [0.717, 1.165) is 23.8 Å². The summed E-state index contributed by atoms with van der Waals surface area (Å²) in [4.78, 5) is 36.1. The second-order valence-corrected chi connectivity index (χ2v) is 8.91. The fourth-order valence-electron chi connectivity index (χ4n) is 3.40. The molecule has 0 saturated carbocycles. The van der Waals surface area contributed by atoms with E-state index in [4.69, 9.17) is 9.15 Å². The maximum atomic E-state index is 12.5. The smallest absolute Gasteiger partial charge is 0.281 e. The lowest BCUT2D eigenvalue weighted by Crippen LogP contribution is -2.41. The van der Waals surface area contributed by atoms with Crippen molar-refractivity contribution in [3.8, 4) is 11.3 Å². The molecule has 0 bridgehead atoms. The third-order valence-electron chi connectivity index (χ3n) is 5.50. The molecule has 1 saturated heterocycles. The summed E-state index contributed by atoms with van der Waals surface area (Å²) in [5.41, 5.74) is 8.90. The van der Waals surface area contributed by atoms with E-state index in [2.05, 4.69) is 32.6 Å². The lowest BCUT2D eigenvalue weighted by atomic mass is 10.1. The summed E-state index contributed by atoms with van der Waals surface area (Å²) in [7, 11) is 0. The predicted octanol–water partition coefficient (Wildman–Crippen LogP) is 2.95. The number of anilines is 1. The van der Waals surface area contributed by atoms with E-state index in [1.807, 2.05) is 25.1 Å². The van der Waals surface area contributed by atoms with Crippen LogP contribution >= 0.6 is 11.3 Å². The minimum Gasteiger partial charge on any atom is -0.441 e. The highest BCUT2D eigenvalue weighted by atomic mass is 32.1. The van der Waals surface area contributed by atoms with Crippen LogP contribution in [0.5, 0.6) is 0 Å². The van der Waals surface area contributed by atoms with Gasteiger partial charge in [-0.25, -0.2) is 9.97 Å². The molecule has 0 atom stereocenters. The Morgan fingerprint density at radius 1 is 1.12 bits per heavy atom. The number of nitrogens with one attached hydrogen (secondary N) is 2. The maximum Gasteiger partial charge on any atom is 0.281 e. The number of nitrogens with zero attached hydrogens (tertiary/aromatic N) is 3. The SMILES string of the molecule is Cc1ccc(-c2cnc(CCC(=O)NNC(=O)c3sc(N4CCOCC4)nc3C)o2)cc1C. The average Bonchev–Trinajstić information content (AvgIpc) is 3.45. The molecule has 0 radical (unpaired) electrons. The van der Waals surface area contributed by atoms with Crippen LogP contribution in [0.2, 0.25) is 0 Å². The molecule has 2 amide bonds. The predicted molar refractivity (Wildman–Crippen MR) is 125 cm³/mol. The number of carbonyl (C=O) groups excluding carboxylic acids is 2. The number of morpholine rings is 1. The number of carbonyl (C=O) groups is 2. The Bertz CT molecular complexity index is 1150. The van der Waals surface area contributed by atoms with E-state index in [9.17, 15) is 9.59 Å². The molecule has 2 aromatic heterocycles. The normalized spacial score (nSPS) is 13.7. The van der Waals surface area contributed by atoms with Crippen LogP contribution in [0, 0.1) is 20.8 Å². The molecule has 0 unspecified atom stereocenters. The molecule has 1 aromatic carbocycles. The van der Waals surface area contributed by atoms with Crippen LogP contribution in [-0.2, 0) is 16.0 Å². The Kier molecular flexibility index (Phi) is 7.05. The number of aromatic nitrogens is 2. The first-order chi connectivity index (χ1) is 15.9. The third-order valence-corrected chi connectivity index (χ3v) is 6.72. The number of benzene rings is 1. The molecule has 2 N–H and O–H groups in total. The molecular weight excluding hydrogens is 442 g/mol. The van der Waals surface area contributed by atoms with E-state index in [1.54, 1.807) is 13.1 Å². The number of hydrogen-bond donors (Lipinski definition) is 2. The zero-order valence-corrected chi connectivity index (χ0v) is 19.8. The Hall–Kier alpha value is -3.24. The topological polar surface area (TPSA) is 110 Å². The van der Waals surface area contributed by atoms with Crippen molar-refractivity contribution in [1.82, 2.24) is 20.8 Å². The van der Waals surface area contributed by atoms with Gasteiger partial charge < -0.3 is 14.1 Å². The van der Waals surface area contributed by atoms with Crippen LogP contribution in [0.1, 0.15) is 38.8 Å². The molecule has 0 spiro atoms. The quantitative estimate of drug-likeness (QED) is 0.534. The first-order valence-electron chi connectivity index (χ1n) is 10.8. The van der Waals surface area contributed by atoms with E-state index < -0.39 is 0 Å². The van der Waals surface area contributed by atoms with Crippen LogP contribution < -0.4 is 15.8 Å². The molecule has 1 aliphatic heterocycles. The van der Waals surface area contributed by atoms with Gasteiger partial charge in [-0.3, -0.25) is 20.4 Å². The van der Waals surface area contributed by atoms with Gasteiger partial charge in [0.05, 0.1) is 25.1 Å². The van der Waals surface area contributed by atoms with Gasteiger partial charge in [-0.1, -0.05) is 23.5 Å². The molecule has 174 valence electrons. The Morgan fingerprint density at radius 3 is 2.67 bits per heavy atom. The first-order valence-corrected chi connectivity index (χ1v) is 11.6. The monoisotopic (exact) mass is 469 g/mol.